The first-order valence-corrected chi connectivity index (χ1v) is 5.73. The first-order chi connectivity index (χ1) is 8.19. The van der Waals surface area contributed by atoms with Crippen LogP contribution < -0.4 is 10.5 Å². The third-order valence-electron chi connectivity index (χ3n) is 2.66. The van der Waals surface area contributed by atoms with E-state index in [1.54, 1.807) is 0 Å². The molecular weight excluding hydrogens is 210 g/mol. The van der Waals surface area contributed by atoms with Crippen molar-refractivity contribution in [2.75, 3.05) is 0 Å². The third-order valence-corrected chi connectivity index (χ3v) is 2.66. The van der Waals surface area contributed by atoms with E-state index in [9.17, 15) is 0 Å². The van der Waals surface area contributed by atoms with Gasteiger partial charge < -0.3 is 10.5 Å². The van der Waals surface area contributed by atoms with Crippen LogP contribution in [0.15, 0.2) is 42.5 Å². The highest BCUT2D eigenvalue weighted by Crippen LogP contribution is 2.26. The minimum Gasteiger partial charge on any atom is -0.457 e. The highest BCUT2D eigenvalue weighted by Gasteiger charge is 2.04. The fourth-order valence-electron chi connectivity index (χ4n) is 1.73. The summed E-state index contributed by atoms with van der Waals surface area (Å²) in [5.74, 6) is 1.70. The molecule has 0 saturated carbocycles. The molecule has 0 aliphatic heterocycles. The topological polar surface area (TPSA) is 35.2 Å². The Morgan fingerprint density at radius 3 is 2.47 bits per heavy atom. The van der Waals surface area contributed by atoms with E-state index in [0.717, 1.165) is 17.1 Å². The Morgan fingerprint density at radius 2 is 1.76 bits per heavy atom. The van der Waals surface area contributed by atoms with Crippen molar-refractivity contribution >= 4 is 0 Å². The number of benzene rings is 2. The van der Waals surface area contributed by atoms with Gasteiger partial charge in [0.2, 0.25) is 0 Å². The van der Waals surface area contributed by atoms with Gasteiger partial charge in [0, 0.05) is 12.1 Å². The van der Waals surface area contributed by atoms with Crippen LogP contribution in [0, 0.1) is 13.8 Å². The second kappa shape index (κ2) is 5.02. The molecule has 2 rings (SSSR count). The molecule has 0 bridgehead atoms. The Balaban J connectivity index is 2.32. The smallest absolute Gasteiger partial charge is 0.132 e. The predicted molar refractivity (Wildman–Crippen MR) is 70.3 cm³/mol. The van der Waals surface area contributed by atoms with Gasteiger partial charge in [-0.05, 0) is 43.2 Å². The van der Waals surface area contributed by atoms with E-state index in [4.69, 9.17) is 10.5 Å². The number of rotatable bonds is 3. The molecule has 88 valence electrons. The summed E-state index contributed by atoms with van der Waals surface area (Å²) in [6.07, 6.45) is 0. The van der Waals surface area contributed by atoms with E-state index in [1.807, 2.05) is 56.3 Å². The molecule has 2 nitrogen and oxygen atoms in total. The van der Waals surface area contributed by atoms with Gasteiger partial charge in [0.05, 0.1) is 0 Å². The van der Waals surface area contributed by atoms with Crippen LogP contribution in [0.4, 0.5) is 0 Å². The van der Waals surface area contributed by atoms with Gasteiger partial charge in [0.1, 0.15) is 11.5 Å². The first kappa shape index (κ1) is 11.7. The van der Waals surface area contributed by atoms with Crippen molar-refractivity contribution in [1.29, 1.82) is 0 Å². The van der Waals surface area contributed by atoms with E-state index < -0.39 is 0 Å². The Morgan fingerprint density at radius 1 is 1.00 bits per heavy atom. The van der Waals surface area contributed by atoms with Crippen LogP contribution in [0.2, 0.25) is 0 Å². The number of hydrogen-bond donors (Lipinski definition) is 1. The summed E-state index contributed by atoms with van der Waals surface area (Å²) in [5.41, 5.74) is 9.09. The van der Waals surface area contributed by atoms with Gasteiger partial charge >= 0.3 is 0 Å². The molecule has 2 heteroatoms. The molecule has 0 heterocycles. The summed E-state index contributed by atoms with van der Waals surface area (Å²) in [6.45, 7) is 4.58. The zero-order valence-electron chi connectivity index (χ0n) is 10.2. The Bertz CT molecular complexity index is 520. The second-order valence-electron chi connectivity index (χ2n) is 4.23. The quantitative estimate of drug-likeness (QED) is 0.870. The lowest BCUT2D eigenvalue weighted by Gasteiger charge is -2.11. The first-order valence-electron chi connectivity index (χ1n) is 5.73. The molecule has 0 saturated heterocycles. The molecule has 0 radical (unpaired) electrons. The normalized spacial score (nSPS) is 10.3. The third kappa shape index (κ3) is 2.86. The molecule has 0 amide bonds. The SMILES string of the molecule is Cc1cccc(Oc2cc(C)ccc2CN)c1. The van der Waals surface area contributed by atoms with Crippen LogP contribution in [0.5, 0.6) is 11.5 Å². The van der Waals surface area contributed by atoms with Crippen LogP contribution in [0.1, 0.15) is 16.7 Å². The molecule has 0 aliphatic rings. The number of nitrogens with two attached hydrogens (primary N) is 1. The molecule has 0 aromatic heterocycles. The summed E-state index contributed by atoms with van der Waals surface area (Å²) in [6, 6.07) is 14.1. The standard InChI is InChI=1S/C15H17NO/c1-11-4-3-5-14(8-11)17-15-9-12(2)6-7-13(15)10-16/h3-9H,10,16H2,1-2H3. The van der Waals surface area contributed by atoms with Gasteiger partial charge in [0.15, 0.2) is 0 Å². The summed E-state index contributed by atoms with van der Waals surface area (Å²) in [7, 11) is 0. The summed E-state index contributed by atoms with van der Waals surface area (Å²) < 4.78 is 5.88. The van der Waals surface area contributed by atoms with Crippen LogP contribution >= 0.6 is 0 Å². The van der Waals surface area contributed by atoms with E-state index in [1.165, 1.54) is 11.1 Å². The molecule has 0 spiro atoms. The van der Waals surface area contributed by atoms with Gasteiger partial charge in [-0.3, -0.25) is 0 Å². The highest BCUT2D eigenvalue weighted by atomic mass is 16.5. The fourth-order valence-corrected chi connectivity index (χ4v) is 1.73. The molecule has 0 aliphatic carbocycles. The van der Waals surface area contributed by atoms with Crippen LogP contribution in [-0.2, 0) is 6.54 Å². The van der Waals surface area contributed by atoms with Gasteiger partial charge in [-0.1, -0.05) is 24.3 Å². The molecule has 0 atom stereocenters. The average Bonchev–Trinajstić information content (AvgIpc) is 2.29. The lowest BCUT2D eigenvalue weighted by Crippen LogP contribution is -1.99. The van der Waals surface area contributed by atoms with Gasteiger partial charge in [-0.15, -0.1) is 0 Å². The van der Waals surface area contributed by atoms with E-state index in [0.29, 0.717) is 6.54 Å². The summed E-state index contributed by atoms with van der Waals surface area (Å²) in [4.78, 5) is 0. The maximum Gasteiger partial charge on any atom is 0.132 e. The van der Waals surface area contributed by atoms with Crippen molar-refractivity contribution < 1.29 is 4.74 Å². The summed E-state index contributed by atoms with van der Waals surface area (Å²) in [5, 5.41) is 0. The second-order valence-corrected chi connectivity index (χ2v) is 4.23. The van der Waals surface area contributed by atoms with Crippen molar-refractivity contribution in [3.05, 3.63) is 59.2 Å². The zero-order chi connectivity index (χ0) is 12.3. The Labute approximate surface area is 102 Å². The molecular formula is C15H17NO. The Kier molecular flexibility index (Phi) is 3.45. The number of ether oxygens (including phenoxy) is 1. The zero-order valence-corrected chi connectivity index (χ0v) is 10.2. The molecule has 2 N–H and O–H groups in total. The summed E-state index contributed by atoms with van der Waals surface area (Å²) >= 11 is 0. The van der Waals surface area contributed by atoms with Crippen LogP contribution in [0.3, 0.4) is 0 Å². The van der Waals surface area contributed by atoms with Crippen molar-refractivity contribution in [3.8, 4) is 11.5 Å². The average molecular weight is 227 g/mol. The van der Waals surface area contributed by atoms with E-state index in [-0.39, 0.29) is 0 Å². The molecule has 0 fully saturated rings. The van der Waals surface area contributed by atoms with E-state index in [2.05, 4.69) is 0 Å². The minimum absolute atomic E-state index is 0.488. The molecule has 2 aromatic carbocycles. The van der Waals surface area contributed by atoms with Crippen molar-refractivity contribution in [1.82, 2.24) is 0 Å². The monoisotopic (exact) mass is 227 g/mol. The van der Waals surface area contributed by atoms with E-state index >= 15 is 0 Å². The molecule has 0 unspecified atom stereocenters. The van der Waals surface area contributed by atoms with Gasteiger partial charge in [-0.25, -0.2) is 0 Å². The molecule has 17 heavy (non-hydrogen) atoms. The van der Waals surface area contributed by atoms with Gasteiger partial charge in [0.25, 0.3) is 0 Å². The van der Waals surface area contributed by atoms with Crippen molar-refractivity contribution in [2.45, 2.75) is 20.4 Å². The fraction of sp³-hybridized carbons (Fsp3) is 0.200. The maximum absolute atomic E-state index is 5.88. The number of aryl methyl sites for hydroxylation is 2. The maximum atomic E-state index is 5.88. The number of hydrogen-bond acceptors (Lipinski definition) is 2. The van der Waals surface area contributed by atoms with Crippen molar-refractivity contribution in [3.63, 3.8) is 0 Å². The minimum atomic E-state index is 0.488. The highest BCUT2D eigenvalue weighted by molar-refractivity contribution is 5.41. The van der Waals surface area contributed by atoms with Crippen molar-refractivity contribution in [2.24, 2.45) is 5.73 Å². The lowest BCUT2D eigenvalue weighted by molar-refractivity contribution is 0.475. The van der Waals surface area contributed by atoms with Gasteiger partial charge in [-0.2, -0.15) is 0 Å². The van der Waals surface area contributed by atoms with Crippen LogP contribution in [0.25, 0.3) is 0 Å². The van der Waals surface area contributed by atoms with Crippen LogP contribution in [-0.4, -0.2) is 0 Å². The predicted octanol–water partition coefficient (Wildman–Crippen LogP) is 3.55. The Hall–Kier alpha value is -1.80. The largest absolute Gasteiger partial charge is 0.457 e. The lowest BCUT2D eigenvalue weighted by atomic mass is 10.1. The molecule has 2 aromatic rings.